The maximum Gasteiger partial charge on any atom is 0.338 e. The Balaban J connectivity index is 2.14. The van der Waals surface area contributed by atoms with E-state index in [0.717, 1.165) is 0 Å². The highest BCUT2D eigenvalue weighted by molar-refractivity contribution is 9.10. The van der Waals surface area contributed by atoms with Crippen molar-refractivity contribution in [3.63, 3.8) is 0 Å². The zero-order valence-electron chi connectivity index (χ0n) is 11.3. The normalized spacial score (nSPS) is 10.0. The number of hydrogen-bond acceptors (Lipinski definition) is 4. The summed E-state index contributed by atoms with van der Waals surface area (Å²) in [6.45, 7) is 2.05. The van der Waals surface area contributed by atoms with Crippen molar-refractivity contribution in [3.05, 3.63) is 58.3 Å². The summed E-state index contributed by atoms with van der Waals surface area (Å²) < 4.78 is 5.50. The zero-order valence-corrected chi connectivity index (χ0v) is 12.9. The average Bonchev–Trinajstić information content (AvgIpc) is 2.48. The van der Waals surface area contributed by atoms with Crippen molar-refractivity contribution in [2.24, 2.45) is 0 Å². The van der Waals surface area contributed by atoms with Crippen molar-refractivity contribution in [1.29, 1.82) is 0 Å². The van der Waals surface area contributed by atoms with E-state index in [1.807, 2.05) is 0 Å². The van der Waals surface area contributed by atoms with E-state index in [2.05, 4.69) is 26.2 Å². The summed E-state index contributed by atoms with van der Waals surface area (Å²) >= 11 is 3.21. The van der Waals surface area contributed by atoms with Gasteiger partial charge in [-0.05, 0) is 53.2 Å². The molecule has 0 unspecified atom stereocenters. The van der Waals surface area contributed by atoms with Crippen LogP contribution in [0, 0.1) is 0 Å². The van der Waals surface area contributed by atoms with Crippen LogP contribution in [0.4, 0.5) is 5.69 Å². The van der Waals surface area contributed by atoms with Crippen molar-refractivity contribution in [3.8, 4) is 0 Å². The second kappa shape index (κ2) is 6.99. The quantitative estimate of drug-likeness (QED) is 0.680. The maximum absolute atomic E-state index is 12.1. The molecule has 0 radical (unpaired) electrons. The molecule has 5 nitrogen and oxygen atoms in total. The van der Waals surface area contributed by atoms with Crippen LogP contribution in [0.25, 0.3) is 0 Å². The smallest absolute Gasteiger partial charge is 0.338 e. The molecule has 0 atom stereocenters. The summed E-state index contributed by atoms with van der Waals surface area (Å²) in [5.74, 6) is -0.695. The van der Waals surface area contributed by atoms with Gasteiger partial charge in [-0.2, -0.15) is 0 Å². The van der Waals surface area contributed by atoms with Gasteiger partial charge in [0, 0.05) is 17.4 Å². The highest BCUT2D eigenvalue weighted by Crippen LogP contribution is 2.14. The Bertz CT molecular complexity index is 673. The fourth-order valence-electron chi connectivity index (χ4n) is 1.69. The number of rotatable bonds is 4. The Morgan fingerprint density at radius 1 is 1.24 bits per heavy atom. The first-order chi connectivity index (χ1) is 10.1. The van der Waals surface area contributed by atoms with Crippen LogP contribution in [-0.2, 0) is 4.74 Å². The number of carbonyl (C=O) groups excluding carboxylic acids is 2. The molecule has 0 aliphatic carbocycles. The number of esters is 1. The van der Waals surface area contributed by atoms with Gasteiger partial charge in [0.15, 0.2) is 0 Å². The van der Waals surface area contributed by atoms with Crippen molar-refractivity contribution < 1.29 is 14.3 Å². The lowest BCUT2D eigenvalue weighted by Crippen LogP contribution is -2.13. The molecule has 0 bridgehead atoms. The first-order valence-electron chi connectivity index (χ1n) is 6.30. The predicted molar refractivity (Wildman–Crippen MR) is 82.3 cm³/mol. The van der Waals surface area contributed by atoms with E-state index < -0.39 is 5.97 Å². The molecule has 0 aliphatic rings. The van der Waals surface area contributed by atoms with Crippen molar-refractivity contribution in [1.82, 2.24) is 4.98 Å². The summed E-state index contributed by atoms with van der Waals surface area (Å²) in [6, 6.07) is 9.82. The molecule has 21 heavy (non-hydrogen) atoms. The van der Waals surface area contributed by atoms with E-state index in [1.165, 1.54) is 6.20 Å². The van der Waals surface area contributed by atoms with Crippen LogP contribution in [-0.4, -0.2) is 23.5 Å². The maximum atomic E-state index is 12.1. The number of carbonyl (C=O) groups is 2. The number of hydrogen-bond donors (Lipinski definition) is 1. The van der Waals surface area contributed by atoms with Gasteiger partial charge in [-0.15, -0.1) is 0 Å². The molecule has 6 heteroatoms. The Hall–Kier alpha value is -2.21. The Kier molecular flexibility index (Phi) is 5.05. The van der Waals surface area contributed by atoms with Gasteiger partial charge in [0.05, 0.1) is 12.2 Å². The fourth-order valence-corrected chi connectivity index (χ4v) is 2.05. The van der Waals surface area contributed by atoms with E-state index in [0.29, 0.717) is 28.0 Å². The molecule has 1 N–H and O–H groups in total. The third-order valence-corrected chi connectivity index (χ3v) is 3.05. The fraction of sp³-hybridized carbons (Fsp3) is 0.133. The van der Waals surface area contributed by atoms with Crippen LogP contribution >= 0.6 is 15.9 Å². The SMILES string of the molecule is CCOC(=O)c1cccc(NC(=O)c2ccnc(Br)c2)c1. The lowest BCUT2D eigenvalue weighted by Gasteiger charge is -2.07. The molecule has 2 aromatic rings. The highest BCUT2D eigenvalue weighted by Gasteiger charge is 2.10. The molecule has 0 spiro atoms. The first-order valence-corrected chi connectivity index (χ1v) is 7.09. The summed E-state index contributed by atoms with van der Waals surface area (Å²) in [7, 11) is 0. The van der Waals surface area contributed by atoms with Crippen LogP contribution in [0.1, 0.15) is 27.6 Å². The second-order valence-corrected chi connectivity index (χ2v) is 4.94. The van der Waals surface area contributed by atoms with E-state index in [9.17, 15) is 9.59 Å². The van der Waals surface area contributed by atoms with E-state index in [1.54, 1.807) is 43.3 Å². The summed E-state index contributed by atoms with van der Waals surface area (Å²) in [4.78, 5) is 27.7. The number of benzene rings is 1. The minimum atomic E-state index is -0.416. The van der Waals surface area contributed by atoms with Crippen LogP contribution in [0.2, 0.25) is 0 Å². The molecule has 0 saturated carbocycles. The Morgan fingerprint density at radius 2 is 2.05 bits per heavy atom. The third kappa shape index (κ3) is 4.13. The topological polar surface area (TPSA) is 68.3 Å². The minimum absolute atomic E-state index is 0.279. The third-order valence-electron chi connectivity index (χ3n) is 2.62. The lowest BCUT2D eigenvalue weighted by atomic mass is 10.2. The van der Waals surface area contributed by atoms with Crippen LogP contribution < -0.4 is 5.32 Å². The molecule has 2 rings (SSSR count). The molecule has 1 aromatic carbocycles. The minimum Gasteiger partial charge on any atom is -0.462 e. The van der Waals surface area contributed by atoms with Gasteiger partial charge in [0.2, 0.25) is 0 Å². The standard InChI is InChI=1S/C15H13BrN2O3/c1-2-21-15(20)11-4-3-5-12(8-11)18-14(19)10-6-7-17-13(16)9-10/h3-9H,2H2,1H3,(H,18,19). The number of ether oxygens (including phenoxy) is 1. The molecule has 1 aromatic heterocycles. The Labute approximate surface area is 130 Å². The van der Waals surface area contributed by atoms with Crippen molar-refractivity contribution >= 4 is 33.5 Å². The zero-order chi connectivity index (χ0) is 15.2. The van der Waals surface area contributed by atoms with Crippen LogP contribution in [0.15, 0.2) is 47.2 Å². The van der Waals surface area contributed by atoms with Crippen LogP contribution in [0.3, 0.4) is 0 Å². The monoisotopic (exact) mass is 348 g/mol. The average molecular weight is 349 g/mol. The number of pyridine rings is 1. The summed E-state index contributed by atoms with van der Waals surface area (Å²) in [5, 5.41) is 2.73. The van der Waals surface area contributed by atoms with Gasteiger partial charge < -0.3 is 10.1 Å². The molecule has 1 amide bonds. The molecular formula is C15H13BrN2O3. The van der Waals surface area contributed by atoms with Gasteiger partial charge in [-0.1, -0.05) is 6.07 Å². The van der Waals surface area contributed by atoms with Gasteiger partial charge in [0.25, 0.3) is 5.91 Å². The molecule has 0 saturated heterocycles. The molecule has 1 heterocycles. The van der Waals surface area contributed by atoms with Gasteiger partial charge in [0.1, 0.15) is 4.60 Å². The van der Waals surface area contributed by atoms with Crippen LogP contribution in [0.5, 0.6) is 0 Å². The van der Waals surface area contributed by atoms with E-state index in [4.69, 9.17) is 4.74 Å². The summed E-state index contributed by atoms with van der Waals surface area (Å²) in [6.07, 6.45) is 1.54. The van der Waals surface area contributed by atoms with E-state index >= 15 is 0 Å². The first kappa shape index (κ1) is 15.2. The number of amides is 1. The molecule has 0 fully saturated rings. The highest BCUT2D eigenvalue weighted by atomic mass is 79.9. The number of nitrogens with zero attached hydrogens (tertiary/aromatic N) is 1. The number of halogens is 1. The molecule has 108 valence electrons. The molecule has 0 aliphatic heterocycles. The van der Waals surface area contributed by atoms with Gasteiger partial charge in [-0.3, -0.25) is 4.79 Å². The Morgan fingerprint density at radius 3 is 2.76 bits per heavy atom. The predicted octanol–water partition coefficient (Wildman–Crippen LogP) is 3.27. The molecular weight excluding hydrogens is 336 g/mol. The van der Waals surface area contributed by atoms with Crippen molar-refractivity contribution in [2.75, 3.05) is 11.9 Å². The number of aromatic nitrogens is 1. The van der Waals surface area contributed by atoms with Gasteiger partial charge in [-0.25, -0.2) is 9.78 Å². The number of anilines is 1. The largest absolute Gasteiger partial charge is 0.462 e. The second-order valence-electron chi connectivity index (χ2n) is 4.12. The lowest BCUT2D eigenvalue weighted by molar-refractivity contribution is 0.0526. The number of nitrogens with one attached hydrogen (secondary N) is 1. The summed E-state index contributed by atoms with van der Waals surface area (Å²) in [5.41, 5.74) is 1.39. The van der Waals surface area contributed by atoms with Gasteiger partial charge >= 0.3 is 5.97 Å². The van der Waals surface area contributed by atoms with E-state index in [-0.39, 0.29) is 5.91 Å². The van der Waals surface area contributed by atoms with Crippen molar-refractivity contribution in [2.45, 2.75) is 6.92 Å².